The summed E-state index contributed by atoms with van der Waals surface area (Å²) < 4.78 is 8.39. The van der Waals surface area contributed by atoms with Gasteiger partial charge in [0.15, 0.2) is 0 Å². The molecule has 0 unspecified atom stereocenters. The first-order valence-corrected chi connectivity index (χ1v) is 14.4. The number of hydrogen-bond donors (Lipinski definition) is 0. The molecule has 1 aromatic heterocycles. The first-order chi connectivity index (χ1) is 19.0. The van der Waals surface area contributed by atoms with Crippen LogP contribution in [0.4, 0.5) is 0 Å². The molecule has 2 heterocycles. The highest BCUT2D eigenvalue weighted by Gasteiger charge is 2.36. The van der Waals surface area contributed by atoms with Crippen molar-refractivity contribution >= 4 is 40.3 Å². The number of hydrogen-bond acceptors (Lipinski definition) is 5. The lowest BCUT2D eigenvalue weighted by molar-refractivity contribution is -0.123. The Morgan fingerprint density at radius 3 is 2.46 bits per heavy atom. The Kier molecular flexibility index (Phi) is 8.29. The van der Waals surface area contributed by atoms with E-state index in [1.165, 1.54) is 11.8 Å². The Labute approximate surface area is 239 Å². The molecule has 1 saturated heterocycles. The SMILES string of the molecule is CCCCOc1ccc(-c2nn(-c3ccccc3)cc2/C=C2\SC(=S)N([C@@H](C)c3ccccc3)C2=O)cc1C. The van der Waals surface area contributed by atoms with Crippen LogP contribution in [0.5, 0.6) is 5.75 Å². The molecule has 0 bridgehead atoms. The van der Waals surface area contributed by atoms with Gasteiger partial charge in [0.25, 0.3) is 5.91 Å². The first kappa shape index (κ1) is 26.9. The van der Waals surface area contributed by atoms with Gasteiger partial charge < -0.3 is 4.74 Å². The summed E-state index contributed by atoms with van der Waals surface area (Å²) >= 11 is 7.00. The predicted octanol–water partition coefficient (Wildman–Crippen LogP) is 7.99. The lowest BCUT2D eigenvalue weighted by atomic mass is 10.0. The summed E-state index contributed by atoms with van der Waals surface area (Å²) in [6.45, 7) is 6.91. The minimum Gasteiger partial charge on any atom is -0.493 e. The number of unbranched alkanes of at least 4 members (excludes halogenated alkanes) is 1. The van der Waals surface area contributed by atoms with Crippen molar-refractivity contribution in [1.29, 1.82) is 0 Å². The maximum absolute atomic E-state index is 13.6. The monoisotopic (exact) mass is 553 g/mol. The molecule has 4 aromatic rings. The van der Waals surface area contributed by atoms with E-state index in [4.69, 9.17) is 22.1 Å². The van der Waals surface area contributed by atoms with Crippen molar-refractivity contribution in [2.75, 3.05) is 6.61 Å². The lowest BCUT2D eigenvalue weighted by Gasteiger charge is -2.23. The number of amides is 1. The smallest absolute Gasteiger partial charge is 0.266 e. The number of benzene rings is 3. The van der Waals surface area contributed by atoms with E-state index in [1.54, 1.807) is 4.90 Å². The van der Waals surface area contributed by atoms with E-state index in [9.17, 15) is 4.79 Å². The van der Waals surface area contributed by atoms with Crippen LogP contribution in [-0.4, -0.2) is 31.5 Å². The maximum Gasteiger partial charge on any atom is 0.266 e. The van der Waals surface area contributed by atoms with E-state index in [2.05, 4.69) is 19.9 Å². The molecule has 3 aromatic carbocycles. The van der Waals surface area contributed by atoms with Gasteiger partial charge in [-0.25, -0.2) is 4.68 Å². The molecule has 7 heteroatoms. The number of aryl methyl sites for hydroxylation is 1. The van der Waals surface area contributed by atoms with Crippen LogP contribution in [0.2, 0.25) is 0 Å². The molecular formula is C32H31N3O2S2. The van der Waals surface area contributed by atoms with E-state index in [0.29, 0.717) is 15.8 Å². The van der Waals surface area contributed by atoms with E-state index in [-0.39, 0.29) is 11.9 Å². The van der Waals surface area contributed by atoms with Crippen molar-refractivity contribution in [3.8, 4) is 22.7 Å². The van der Waals surface area contributed by atoms with Crippen LogP contribution >= 0.6 is 24.0 Å². The van der Waals surface area contributed by atoms with Gasteiger partial charge in [-0.05, 0) is 67.8 Å². The Hall–Kier alpha value is -3.68. The van der Waals surface area contributed by atoms with Crippen molar-refractivity contribution < 1.29 is 9.53 Å². The number of rotatable bonds is 9. The zero-order valence-electron chi connectivity index (χ0n) is 22.3. The summed E-state index contributed by atoms with van der Waals surface area (Å²) in [7, 11) is 0. The van der Waals surface area contributed by atoms with Crippen molar-refractivity contribution in [3.63, 3.8) is 0 Å². The predicted molar refractivity (Wildman–Crippen MR) is 164 cm³/mol. The molecule has 1 amide bonds. The fraction of sp³-hybridized carbons (Fsp3) is 0.219. The normalized spacial score (nSPS) is 15.3. The van der Waals surface area contributed by atoms with Gasteiger partial charge in [0.1, 0.15) is 15.8 Å². The van der Waals surface area contributed by atoms with E-state index in [0.717, 1.165) is 52.2 Å². The zero-order valence-corrected chi connectivity index (χ0v) is 24.0. The van der Waals surface area contributed by atoms with Crippen LogP contribution in [-0.2, 0) is 4.79 Å². The van der Waals surface area contributed by atoms with Gasteiger partial charge in [0, 0.05) is 17.3 Å². The molecule has 1 aliphatic rings. The van der Waals surface area contributed by atoms with E-state index >= 15 is 0 Å². The number of para-hydroxylation sites is 1. The van der Waals surface area contributed by atoms with Crippen LogP contribution < -0.4 is 4.74 Å². The van der Waals surface area contributed by atoms with Crippen molar-refractivity contribution in [2.24, 2.45) is 0 Å². The fourth-order valence-electron chi connectivity index (χ4n) is 4.55. The summed E-state index contributed by atoms with van der Waals surface area (Å²) in [5, 5.41) is 4.95. The van der Waals surface area contributed by atoms with E-state index in [1.807, 2.05) is 96.7 Å². The summed E-state index contributed by atoms with van der Waals surface area (Å²) in [5.74, 6) is 0.794. The largest absolute Gasteiger partial charge is 0.493 e. The van der Waals surface area contributed by atoms with Gasteiger partial charge in [-0.1, -0.05) is 85.9 Å². The second kappa shape index (κ2) is 12.0. The maximum atomic E-state index is 13.6. The van der Waals surface area contributed by atoms with Crippen LogP contribution in [0.15, 0.2) is 90.0 Å². The Morgan fingerprint density at radius 1 is 1.05 bits per heavy atom. The Bertz CT molecular complexity index is 1510. The number of nitrogens with zero attached hydrogens (tertiary/aromatic N) is 3. The van der Waals surface area contributed by atoms with Gasteiger partial charge in [-0.15, -0.1) is 0 Å². The molecule has 5 nitrogen and oxygen atoms in total. The third-order valence-corrected chi connectivity index (χ3v) is 8.08. The minimum atomic E-state index is -0.154. The molecular weight excluding hydrogens is 523 g/mol. The molecule has 39 heavy (non-hydrogen) atoms. The number of aromatic nitrogens is 2. The molecule has 0 spiro atoms. The minimum absolute atomic E-state index is 0.0874. The van der Waals surface area contributed by atoms with Gasteiger partial charge in [-0.2, -0.15) is 5.10 Å². The molecule has 1 fully saturated rings. The summed E-state index contributed by atoms with van der Waals surface area (Å²) in [6.07, 6.45) is 6.00. The topological polar surface area (TPSA) is 47.4 Å². The van der Waals surface area contributed by atoms with Crippen LogP contribution in [0.3, 0.4) is 0 Å². The third-order valence-electron chi connectivity index (χ3n) is 6.75. The molecule has 1 atom stereocenters. The number of ether oxygens (including phenoxy) is 1. The van der Waals surface area contributed by atoms with Gasteiger partial charge in [-0.3, -0.25) is 9.69 Å². The average Bonchev–Trinajstić information content (AvgIpc) is 3.50. The summed E-state index contributed by atoms with van der Waals surface area (Å²) in [4.78, 5) is 15.9. The van der Waals surface area contributed by atoms with Gasteiger partial charge in [0.05, 0.1) is 23.2 Å². The molecule has 0 aliphatic carbocycles. The van der Waals surface area contributed by atoms with Crippen molar-refractivity contribution in [1.82, 2.24) is 14.7 Å². The quantitative estimate of drug-likeness (QED) is 0.119. The molecule has 198 valence electrons. The third kappa shape index (κ3) is 5.84. The highest BCUT2D eigenvalue weighted by molar-refractivity contribution is 8.26. The van der Waals surface area contributed by atoms with Crippen LogP contribution in [0.1, 0.15) is 49.4 Å². The van der Waals surface area contributed by atoms with E-state index < -0.39 is 0 Å². The number of thiocarbonyl (C=S) groups is 1. The average molecular weight is 554 g/mol. The molecule has 0 saturated carbocycles. The number of thioether (sulfide) groups is 1. The molecule has 0 N–H and O–H groups in total. The molecule has 1 aliphatic heterocycles. The highest BCUT2D eigenvalue weighted by atomic mass is 32.2. The molecule has 5 rings (SSSR count). The van der Waals surface area contributed by atoms with Crippen LogP contribution in [0, 0.1) is 6.92 Å². The number of carbonyl (C=O) groups is 1. The zero-order chi connectivity index (χ0) is 27.4. The van der Waals surface area contributed by atoms with Gasteiger partial charge in [0.2, 0.25) is 0 Å². The first-order valence-electron chi connectivity index (χ1n) is 13.2. The fourth-order valence-corrected chi connectivity index (χ4v) is 5.96. The molecule has 0 radical (unpaired) electrons. The summed E-state index contributed by atoms with van der Waals surface area (Å²) in [6, 6.07) is 25.9. The Balaban J connectivity index is 1.51. The standard InChI is InChI=1S/C32H31N3O2S2/c1-4-5-18-37-28-17-16-25(19-22(28)2)30-26(21-34(33-30)27-14-10-7-11-15-27)20-29-31(36)35(32(38)39-29)23(3)24-12-8-6-9-13-24/h6-17,19-21,23H,4-5,18H2,1-3H3/b29-20-/t23-/m0/s1. The van der Waals surface area contributed by atoms with Crippen molar-refractivity contribution in [3.05, 3.63) is 107 Å². The highest BCUT2D eigenvalue weighted by Crippen LogP contribution is 2.39. The lowest BCUT2D eigenvalue weighted by Crippen LogP contribution is -2.30. The number of carbonyl (C=O) groups excluding carboxylic acids is 1. The van der Waals surface area contributed by atoms with Crippen LogP contribution in [0.25, 0.3) is 23.0 Å². The summed E-state index contributed by atoms with van der Waals surface area (Å²) in [5.41, 5.74) is 5.65. The van der Waals surface area contributed by atoms with Crippen molar-refractivity contribution in [2.45, 2.75) is 39.7 Å². The second-order valence-corrected chi connectivity index (χ2v) is 11.2. The Morgan fingerprint density at radius 2 is 1.77 bits per heavy atom. The second-order valence-electron chi connectivity index (χ2n) is 9.53. The van der Waals surface area contributed by atoms with Gasteiger partial charge >= 0.3 is 0 Å².